The number of carbonyl (C=O) groups is 2. The Morgan fingerprint density at radius 3 is 2.85 bits per heavy atom. The van der Waals surface area contributed by atoms with Crippen molar-refractivity contribution in [3.8, 4) is 0 Å². The Morgan fingerprint density at radius 2 is 2.12 bits per heavy atom. The van der Waals surface area contributed by atoms with E-state index in [4.69, 9.17) is 0 Å². The maximum absolute atomic E-state index is 13.0. The summed E-state index contributed by atoms with van der Waals surface area (Å²) in [4.78, 5) is 28.3. The zero-order valence-corrected chi connectivity index (χ0v) is 16.0. The van der Waals surface area contributed by atoms with Gasteiger partial charge in [-0.25, -0.2) is 0 Å². The number of rotatable bonds is 6. The van der Waals surface area contributed by atoms with Crippen LogP contribution in [0.15, 0.2) is 41.4 Å². The number of Topliss-reactive ketones (excluding diaryl/α,β-unsaturated/α-hetero) is 1. The Bertz CT molecular complexity index is 789. The molecule has 1 atom stereocenters. The molecule has 138 valence electrons. The number of carbonyl (C=O) groups excluding carboxylic acids is 2. The maximum atomic E-state index is 13.0. The number of benzene rings is 1. The van der Waals surface area contributed by atoms with E-state index in [0.717, 1.165) is 29.8 Å². The van der Waals surface area contributed by atoms with Crippen molar-refractivity contribution < 1.29 is 9.59 Å². The van der Waals surface area contributed by atoms with Crippen molar-refractivity contribution in [2.24, 2.45) is 13.0 Å². The second-order valence-electron chi connectivity index (χ2n) is 6.56. The third kappa shape index (κ3) is 4.53. The van der Waals surface area contributed by atoms with Crippen molar-refractivity contribution in [3.05, 3.63) is 42.1 Å². The van der Waals surface area contributed by atoms with Gasteiger partial charge in [0.2, 0.25) is 5.91 Å². The van der Waals surface area contributed by atoms with Crippen LogP contribution in [0.4, 0.5) is 5.82 Å². The molecule has 1 N–H and O–H groups in total. The zero-order valence-electron chi connectivity index (χ0n) is 15.1. The van der Waals surface area contributed by atoms with Crippen LogP contribution >= 0.6 is 11.8 Å². The fourth-order valence-electron chi connectivity index (χ4n) is 3.35. The summed E-state index contributed by atoms with van der Waals surface area (Å²) in [6, 6.07) is 9.52. The molecule has 1 aromatic heterocycles. The van der Waals surface area contributed by atoms with Gasteiger partial charge in [0.1, 0.15) is 0 Å². The number of nitrogens with one attached hydrogen (secondary N) is 1. The molecule has 1 aliphatic rings. The topological polar surface area (TPSA) is 67.2 Å². The van der Waals surface area contributed by atoms with Crippen molar-refractivity contribution >= 4 is 29.3 Å². The van der Waals surface area contributed by atoms with Gasteiger partial charge in [0.15, 0.2) is 11.6 Å². The number of piperidine rings is 1. The van der Waals surface area contributed by atoms with E-state index in [1.807, 2.05) is 37.6 Å². The van der Waals surface area contributed by atoms with Crippen LogP contribution < -0.4 is 5.32 Å². The van der Waals surface area contributed by atoms with Gasteiger partial charge in [0.05, 0.1) is 6.54 Å². The molecule has 0 aliphatic carbocycles. The quantitative estimate of drug-likeness (QED) is 0.624. The number of anilines is 1. The molecule has 2 aromatic rings. The lowest BCUT2D eigenvalue weighted by Crippen LogP contribution is -2.42. The van der Waals surface area contributed by atoms with E-state index in [1.54, 1.807) is 28.7 Å². The second-order valence-corrected chi connectivity index (χ2v) is 7.41. The van der Waals surface area contributed by atoms with Gasteiger partial charge in [-0.05, 0) is 31.7 Å². The molecule has 0 saturated carbocycles. The molecule has 1 aliphatic heterocycles. The fourth-order valence-corrected chi connectivity index (χ4v) is 3.95. The highest BCUT2D eigenvalue weighted by Crippen LogP contribution is 2.26. The molecule has 1 unspecified atom stereocenters. The normalized spacial score (nSPS) is 17.8. The summed E-state index contributed by atoms with van der Waals surface area (Å²) >= 11 is 1.59. The number of likely N-dealkylation sites (tertiary alicyclic amines) is 1. The first-order valence-corrected chi connectivity index (χ1v) is 9.98. The third-order valence-corrected chi connectivity index (χ3v) is 5.39. The molecular weight excluding hydrogens is 348 g/mol. The summed E-state index contributed by atoms with van der Waals surface area (Å²) in [5, 5.41) is 6.96. The van der Waals surface area contributed by atoms with Crippen molar-refractivity contribution in [1.29, 1.82) is 0 Å². The van der Waals surface area contributed by atoms with Gasteiger partial charge in [-0.15, -0.1) is 11.8 Å². The minimum atomic E-state index is -0.0960. The van der Waals surface area contributed by atoms with Crippen LogP contribution in [0.2, 0.25) is 0 Å². The van der Waals surface area contributed by atoms with E-state index < -0.39 is 0 Å². The monoisotopic (exact) mass is 372 g/mol. The van der Waals surface area contributed by atoms with Crippen LogP contribution in [0, 0.1) is 5.92 Å². The number of nitrogens with zero attached hydrogens (tertiary/aromatic N) is 3. The van der Waals surface area contributed by atoms with Crippen LogP contribution in [-0.2, 0) is 11.8 Å². The third-order valence-electron chi connectivity index (χ3n) is 4.60. The first-order chi connectivity index (χ1) is 12.6. The van der Waals surface area contributed by atoms with Crippen molar-refractivity contribution in [1.82, 2.24) is 14.7 Å². The van der Waals surface area contributed by atoms with Crippen molar-refractivity contribution in [2.75, 3.05) is 31.2 Å². The Morgan fingerprint density at radius 1 is 1.31 bits per heavy atom. The lowest BCUT2D eigenvalue weighted by molar-refractivity contribution is -0.117. The van der Waals surface area contributed by atoms with Gasteiger partial charge >= 0.3 is 0 Å². The molecule has 0 spiro atoms. The number of ketones is 1. The Kier molecular flexibility index (Phi) is 6.11. The van der Waals surface area contributed by atoms with E-state index >= 15 is 0 Å². The highest BCUT2D eigenvalue weighted by Gasteiger charge is 2.28. The number of aromatic nitrogens is 2. The zero-order chi connectivity index (χ0) is 18.5. The first-order valence-electron chi connectivity index (χ1n) is 8.76. The predicted molar refractivity (Wildman–Crippen MR) is 104 cm³/mol. The Labute approximate surface area is 157 Å². The van der Waals surface area contributed by atoms with Gasteiger partial charge in [-0.1, -0.05) is 18.2 Å². The van der Waals surface area contributed by atoms with Gasteiger partial charge < -0.3 is 5.32 Å². The molecule has 26 heavy (non-hydrogen) atoms. The Hall–Kier alpha value is -2.12. The minimum Gasteiger partial charge on any atom is -0.308 e. The molecule has 1 aromatic carbocycles. The lowest BCUT2D eigenvalue weighted by Gasteiger charge is -2.31. The number of amides is 1. The second kappa shape index (κ2) is 8.51. The molecule has 1 saturated heterocycles. The molecule has 3 rings (SSSR count). The van der Waals surface area contributed by atoms with E-state index in [1.165, 1.54) is 0 Å². The molecular formula is C19H24N4O2S. The number of hydrogen-bond acceptors (Lipinski definition) is 5. The average molecular weight is 372 g/mol. The molecule has 2 heterocycles. The summed E-state index contributed by atoms with van der Waals surface area (Å²) in [6.45, 7) is 1.74. The van der Waals surface area contributed by atoms with Gasteiger partial charge in [-0.3, -0.25) is 19.2 Å². The van der Waals surface area contributed by atoms with Crippen LogP contribution in [0.3, 0.4) is 0 Å². The number of aryl methyl sites for hydroxylation is 1. The van der Waals surface area contributed by atoms with E-state index in [-0.39, 0.29) is 24.2 Å². The highest BCUT2D eigenvalue weighted by atomic mass is 32.2. The standard InChI is InChI=1S/C19H24N4O2S/c1-22-11-9-17(21-22)20-18(24)13-23-10-5-6-14(12-23)19(25)15-7-3-4-8-16(15)26-2/h3-4,7-9,11,14H,5-6,10,12-13H2,1-2H3,(H,20,21,24). The van der Waals surface area contributed by atoms with Crippen molar-refractivity contribution in [2.45, 2.75) is 17.7 Å². The highest BCUT2D eigenvalue weighted by molar-refractivity contribution is 7.98. The van der Waals surface area contributed by atoms with Gasteiger partial charge in [-0.2, -0.15) is 5.10 Å². The van der Waals surface area contributed by atoms with Crippen LogP contribution in [0.5, 0.6) is 0 Å². The van der Waals surface area contributed by atoms with Gasteiger partial charge in [0, 0.05) is 42.2 Å². The van der Waals surface area contributed by atoms with E-state index in [9.17, 15) is 9.59 Å². The lowest BCUT2D eigenvalue weighted by atomic mass is 9.90. The number of hydrogen-bond donors (Lipinski definition) is 1. The van der Waals surface area contributed by atoms with Crippen LogP contribution in [0.1, 0.15) is 23.2 Å². The summed E-state index contributed by atoms with van der Waals surface area (Å²) in [6.07, 6.45) is 5.57. The summed E-state index contributed by atoms with van der Waals surface area (Å²) in [5.41, 5.74) is 0.796. The SMILES string of the molecule is CSc1ccccc1C(=O)C1CCCN(CC(=O)Nc2ccn(C)n2)C1. The summed E-state index contributed by atoms with van der Waals surface area (Å²) in [7, 11) is 1.81. The van der Waals surface area contributed by atoms with E-state index in [0.29, 0.717) is 12.4 Å². The fraction of sp³-hybridized carbons (Fsp3) is 0.421. The largest absolute Gasteiger partial charge is 0.308 e. The molecule has 1 fully saturated rings. The maximum Gasteiger partial charge on any atom is 0.239 e. The Balaban J connectivity index is 1.60. The molecule has 6 nitrogen and oxygen atoms in total. The minimum absolute atomic E-state index is 0.0558. The predicted octanol–water partition coefficient (Wildman–Crippen LogP) is 2.68. The summed E-state index contributed by atoms with van der Waals surface area (Å²) in [5.74, 6) is 0.585. The average Bonchev–Trinajstić information content (AvgIpc) is 3.05. The molecule has 7 heteroatoms. The molecule has 1 amide bonds. The van der Waals surface area contributed by atoms with Crippen LogP contribution in [-0.4, -0.2) is 52.3 Å². The van der Waals surface area contributed by atoms with Crippen LogP contribution in [0.25, 0.3) is 0 Å². The number of thioether (sulfide) groups is 1. The van der Waals surface area contributed by atoms with Gasteiger partial charge in [0.25, 0.3) is 0 Å². The van der Waals surface area contributed by atoms with Crippen molar-refractivity contribution in [3.63, 3.8) is 0 Å². The van der Waals surface area contributed by atoms with E-state index in [2.05, 4.69) is 15.3 Å². The first kappa shape index (κ1) is 18.7. The molecule has 0 radical (unpaired) electrons. The smallest absolute Gasteiger partial charge is 0.239 e. The molecule has 0 bridgehead atoms. The summed E-state index contributed by atoms with van der Waals surface area (Å²) < 4.78 is 1.65.